The van der Waals surface area contributed by atoms with Crippen LogP contribution in [0.1, 0.15) is 5.76 Å². The van der Waals surface area contributed by atoms with Crippen molar-refractivity contribution in [3.05, 3.63) is 30.2 Å². The Morgan fingerprint density at radius 3 is 3.17 bits per heavy atom. The van der Waals surface area contributed by atoms with E-state index in [1.807, 2.05) is 11.9 Å². The van der Waals surface area contributed by atoms with Crippen LogP contribution in [-0.2, 0) is 4.79 Å². The van der Waals surface area contributed by atoms with Crippen LogP contribution in [0.5, 0.6) is 0 Å². The fourth-order valence-electron chi connectivity index (χ4n) is 0.752. The van der Waals surface area contributed by atoms with Crippen LogP contribution in [0.25, 0.3) is 6.08 Å². The number of ketones is 1. The number of allylic oxidation sites excluding steroid dienone is 1. The third-order valence-electron chi connectivity index (χ3n) is 1.26. The topological polar surface area (TPSA) is 30.2 Å². The van der Waals surface area contributed by atoms with Crippen molar-refractivity contribution in [3.8, 4) is 0 Å². The van der Waals surface area contributed by atoms with Gasteiger partial charge in [0.15, 0.2) is 0 Å². The molecule has 0 unspecified atom stereocenters. The van der Waals surface area contributed by atoms with Gasteiger partial charge in [0.05, 0.1) is 0 Å². The van der Waals surface area contributed by atoms with E-state index in [1.165, 1.54) is 0 Å². The molecule has 0 aliphatic carbocycles. The zero-order valence-corrected chi connectivity index (χ0v) is 8.53. The summed E-state index contributed by atoms with van der Waals surface area (Å²) in [4.78, 5) is 11.0. The van der Waals surface area contributed by atoms with Crippen molar-refractivity contribution in [2.24, 2.45) is 0 Å². The second kappa shape index (κ2) is 4.96. The molecule has 0 saturated heterocycles. The Kier molecular flexibility index (Phi) is 3.85. The van der Waals surface area contributed by atoms with Crippen LogP contribution in [0.3, 0.4) is 0 Å². The van der Waals surface area contributed by atoms with Gasteiger partial charge in [-0.05, 0) is 0 Å². The predicted octanol–water partition coefficient (Wildman–Crippen LogP) is 2.03. The minimum absolute atomic E-state index is 0.175. The van der Waals surface area contributed by atoms with Gasteiger partial charge in [0, 0.05) is 0 Å². The van der Waals surface area contributed by atoms with Crippen molar-refractivity contribution < 1.29 is 9.21 Å². The average molecular weight is 229 g/mol. The molecule has 0 aromatic carbocycles. The molecule has 64 valence electrons. The van der Waals surface area contributed by atoms with Gasteiger partial charge in [0.1, 0.15) is 0 Å². The third kappa shape index (κ3) is 3.07. The molecule has 0 spiro atoms. The molecule has 0 atom stereocenters. The first-order valence-corrected chi connectivity index (χ1v) is 6.48. The van der Waals surface area contributed by atoms with Gasteiger partial charge in [-0.15, -0.1) is 0 Å². The molecule has 1 rings (SSSR count). The van der Waals surface area contributed by atoms with Gasteiger partial charge < -0.3 is 0 Å². The minimum atomic E-state index is 0.175. The van der Waals surface area contributed by atoms with E-state index in [0.717, 1.165) is 5.76 Å². The number of rotatable bonds is 4. The maximum atomic E-state index is 11.0. The summed E-state index contributed by atoms with van der Waals surface area (Å²) in [6.07, 6.45) is 4.87. The third-order valence-corrected chi connectivity index (χ3v) is 2.47. The number of carbonyl (C=O) groups is 1. The average Bonchev–Trinajstić information content (AvgIpc) is 2.53. The number of furan rings is 1. The molecule has 0 aliphatic rings. The Morgan fingerprint density at radius 2 is 2.58 bits per heavy atom. The van der Waals surface area contributed by atoms with Crippen molar-refractivity contribution in [3.63, 3.8) is 0 Å². The Labute approximate surface area is 77.8 Å². The maximum absolute atomic E-state index is 11.0. The molecular formula is C9H10O2Se. The molecule has 0 amide bonds. The van der Waals surface area contributed by atoms with Crippen LogP contribution >= 0.6 is 0 Å². The SMILES string of the molecule is C[Se]CC(=O)C=Cc1ccco1. The predicted molar refractivity (Wildman–Crippen MR) is 49.2 cm³/mol. The first-order valence-electron chi connectivity index (χ1n) is 3.56. The van der Waals surface area contributed by atoms with E-state index in [-0.39, 0.29) is 5.78 Å². The summed E-state index contributed by atoms with van der Waals surface area (Å²) in [6.45, 7) is 0. The summed E-state index contributed by atoms with van der Waals surface area (Å²) in [5.41, 5.74) is 0. The fourth-order valence-corrected chi connectivity index (χ4v) is 1.55. The van der Waals surface area contributed by atoms with Crippen LogP contribution < -0.4 is 0 Å². The van der Waals surface area contributed by atoms with Crippen molar-refractivity contribution in [1.29, 1.82) is 0 Å². The molecule has 0 bridgehead atoms. The normalized spacial score (nSPS) is 10.8. The van der Waals surface area contributed by atoms with Crippen LogP contribution in [0.4, 0.5) is 0 Å². The van der Waals surface area contributed by atoms with E-state index in [9.17, 15) is 4.79 Å². The van der Waals surface area contributed by atoms with Gasteiger partial charge in [-0.1, -0.05) is 0 Å². The molecule has 3 heteroatoms. The second-order valence-electron chi connectivity index (χ2n) is 2.25. The quantitative estimate of drug-likeness (QED) is 0.584. The van der Waals surface area contributed by atoms with E-state index in [2.05, 4.69) is 0 Å². The van der Waals surface area contributed by atoms with E-state index >= 15 is 0 Å². The molecule has 1 aromatic rings. The molecule has 0 saturated carbocycles. The summed E-state index contributed by atoms with van der Waals surface area (Å²) in [6, 6.07) is 3.62. The van der Waals surface area contributed by atoms with Gasteiger partial charge in [-0.25, -0.2) is 0 Å². The molecule has 0 aliphatic heterocycles. The first-order chi connectivity index (χ1) is 5.83. The molecule has 2 nitrogen and oxygen atoms in total. The molecular weight excluding hydrogens is 219 g/mol. The van der Waals surface area contributed by atoms with E-state index in [1.54, 1.807) is 24.5 Å². The van der Waals surface area contributed by atoms with Crippen molar-refractivity contribution in [2.75, 3.05) is 0 Å². The standard InChI is InChI=1S/C9H10O2Se/c1-12-7-8(10)4-5-9-3-2-6-11-9/h2-6H,7H2,1H3. The monoisotopic (exact) mass is 230 g/mol. The van der Waals surface area contributed by atoms with E-state index in [4.69, 9.17) is 4.42 Å². The molecule has 0 radical (unpaired) electrons. The zero-order chi connectivity index (χ0) is 8.81. The second-order valence-corrected chi connectivity index (χ2v) is 4.07. The number of hydrogen-bond acceptors (Lipinski definition) is 2. The molecule has 0 N–H and O–H groups in total. The van der Waals surface area contributed by atoms with Gasteiger partial charge in [0.25, 0.3) is 0 Å². The van der Waals surface area contributed by atoms with Crippen molar-refractivity contribution in [2.45, 2.75) is 11.1 Å². The van der Waals surface area contributed by atoms with E-state index in [0.29, 0.717) is 20.3 Å². The Bertz CT molecular complexity index is 262. The fraction of sp³-hybridized carbons (Fsp3) is 0.222. The van der Waals surface area contributed by atoms with Crippen LogP contribution in [0.15, 0.2) is 28.9 Å². The van der Waals surface area contributed by atoms with Gasteiger partial charge in [-0.2, -0.15) is 0 Å². The van der Waals surface area contributed by atoms with Crippen LogP contribution in [0.2, 0.25) is 11.1 Å². The number of carbonyl (C=O) groups excluding carboxylic acids is 1. The van der Waals surface area contributed by atoms with E-state index < -0.39 is 0 Å². The van der Waals surface area contributed by atoms with Gasteiger partial charge in [-0.3, -0.25) is 0 Å². The molecule has 1 heterocycles. The van der Waals surface area contributed by atoms with Crippen molar-refractivity contribution in [1.82, 2.24) is 0 Å². The summed E-state index contributed by atoms with van der Waals surface area (Å²) < 4.78 is 5.03. The van der Waals surface area contributed by atoms with Crippen molar-refractivity contribution >= 4 is 26.8 Å². The summed E-state index contributed by atoms with van der Waals surface area (Å²) in [5, 5.41) is 0.671. The summed E-state index contributed by atoms with van der Waals surface area (Å²) in [7, 11) is 0. The molecule has 12 heavy (non-hydrogen) atoms. The number of hydrogen-bond donors (Lipinski definition) is 0. The van der Waals surface area contributed by atoms with Gasteiger partial charge in [0.2, 0.25) is 0 Å². The molecule has 0 fully saturated rings. The Morgan fingerprint density at radius 1 is 1.75 bits per heavy atom. The zero-order valence-electron chi connectivity index (χ0n) is 6.82. The van der Waals surface area contributed by atoms with Crippen LogP contribution in [-0.4, -0.2) is 20.7 Å². The van der Waals surface area contributed by atoms with Gasteiger partial charge >= 0.3 is 77.4 Å². The Balaban J connectivity index is 2.45. The van der Waals surface area contributed by atoms with Crippen LogP contribution in [0, 0.1) is 0 Å². The summed E-state index contributed by atoms with van der Waals surface area (Å²) in [5.74, 6) is 2.95. The first kappa shape index (κ1) is 9.30. The Hall–Kier alpha value is -0.791. The molecule has 1 aromatic heterocycles. The summed E-state index contributed by atoms with van der Waals surface area (Å²) >= 11 is 0.421.